The number of β-amino-alcohol motifs (C(OH)–C–C–N with tert-alkyl or cyclic N) is 1. The summed E-state index contributed by atoms with van der Waals surface area (Å²) >= 11 is 0. The van der Waals surface area contributed by atoms with Gasteiger partial charge in [0.1, 0.15) is 31.0 Å². The van der Waals surface area contributed by atoms with E-state index in [-0.39, 0.29) is 86.9 Å². The van der Waals surface area contributed by atoms with Gasteiger partial charge in [0.15, 0.2) is 18.2 Å². The molecular weight excluding hydrogens is 933 g/mol. The molecule has 0 aromatic heterocycles. The summed E-state index contributed by atoms with van der Waals surface area (Å²) in [4.78, 5) is 90.2. The molecule has 0 bridgehead atoms. The lowest BCUT2D eigenvalue weighted by molar-refractivity contribution is -0.198. The molecule has 0 radical (unpaired) electrons. The average molecular weight is 1020 g/mol. The quantitative estimate of drug-likeness (QED) is 0.0272. The van der Waals surface area contributed by atoms with E-state index in [0.29, 0.717) is 84.0 Å². The number of carbonyl (C=O) groups is 7. The van der Waals surface area contributed by atoms with Crippen molar-refractivity contribution in [2.75, 3.05) is 45.9 Å². The molecule has 406 valence electrons. The minimum Gasteiger partial charge on any atom is -0.447 e. The zero-order valence-corrected chi connectivity index (χ0v) is 40.6. The topological polar surface area (TPSA) is 489 Å². The molecule has 0 aliphatic carbocycles. The van der Waals surface area contributed by atoms with Gasteiger partial charge in [-0.1, -0.05) is 0 Å². The van der Waals surface area contributed by atoms with Gasteiger partial charge in [-0.2, -0.15) is 0 Å². The molecule has 0 saturated carbocycles. The number of nitrogens with zero attached hydrogens (tertiary/aromatic N) is 1. The van der Waals surface area contributed by atoms with Crippen molar-refractivity contribution in [3.05, 3.63) is 0 Å². The maximum absolute atomic E-state index is 13.1. The Kier molecular flexibility index (Phi) is 27.3. The van der Waals surface area contributed by atoms with Gasteiger partial charge < -0.3 is 107 Å². The Labute approximate surface area is 413 Å². The number of ether oxygens (including phenoxy) is 2. The van der Waals surface area contributed by atoms with Crippen molar-refractivity contribution in [1.29, 1.82) is 0 Å². The number of piperidine rings is 1. The van der Waals surface area contributed by atoms with Crippen LogP contribution >= 0.6 is 0 Å². The number of hydrogen-bond donors (Lipinski definition) is 18. The normalized spacial score (nSPS) is 24.8. The van der Waals surface area contributed by atoms with Crippen LogP contribution in [0.1, 0.15) is 96.3 Å². The highest BCUT2D eigenvalue weighted by Gasteiger charge is 2.48. The van der Waals surface area contributed by atoms with Crippen LogP contribution in [0.3, 0.4) is 0 Å². The molecule has 28 heteroatoms. The summed E-state index contributed by atoms with van der Waals surface area (Å²) in [6, 6.07) is -5.09. The Bertz CT molecular complexity index is 1740. The summed E-state index contributed by atoms with van der Waals surface area (Å²) in [7, 11) is 0. The lowest BCUT2D eigenvalue weighted by Crippen LogP contribution is -2.69. The number of amides is 7. The molecule has 3 rings (SSSR count). The molecule has 10 unspecified atom stereocenters. The molecule has 0 aromatic rings. The molecule has 13 atom stereocenters. The van der Waals surface area contributed by atoms with Crippen molar-refractivity contribution < 1.29 is 58.4 Å². The van der Waals surface area contributed by atoms with E-state index < -0.39 is 91.4 Å². The summed E-state index contributed by atoms with van der Waals surface area (Å²) in [6.07, 6.45) is -2.03. The van der Waals surface area contributed by atoms with Gasteiger partial charge in [-0.3, -0.25) is 28.8 Å². The van der Waals surface area contributed by atoms with E-state index in [4.69, 9.17) is 49.6 Å². The summed E-state index contributed by atoms with van der Waals surface area (Å²) in [5.41, 5.74) is 41.0. The maximum atomic E-state index is 13.1. The van der Waals surface area contributed by atoms with Crippen molar-refractivity contribution in [2.24, 2.45) is 45.1 Å². The minimum absolute atomic E-state index is 0.00440. The number of aliphatic imine (C=N–C) groups is 1. The highest BCUT2D eigenvalue weighted by atomic mass is 16.6. The Hall–Kier alpha value is -5.04. The van der Waals surface area contributed by atoms with Crippen LogP contribution in [0, 0.1) is 0 Å². The number of guanidine groups is 1. The van der Waals surface area contributed by atoms with Crippen LogP contribution in [-0.2, 0) is 38.2 Å². The number of aliphatic hydroxyl groups excluding tert-OH is 3. The Morgan fingerprint density at radius 1 is 0.662 bits per heavy atom. The van der Waals surface area contributed by atoms with Crippen LogP contribution in [-0.4, -0.2) is 188 Å². The number of primary amides is 1. The standard InChI is InChI=1S/C43H82N16O12/c44-11-1-6-23(45)16-30(61)51-12-2-7-24(46)17-31(62)52-13-3-8-25(47)18-32(63)53-14-4-9-26(48)19-33(64)54-15-5-10-27(49)20-34(65)56-37-39(67)38(66)29(22-70-42(50)69)71-41(37)59-43-57-35-28(60)21-55-40(68)36(35)58-43/h23-29,35-39,41,60,66-67H,1-22,44-49H2,(H2,50,69)(H,51,61)(H,52,62)(H,53,63)(H,54,64)(H,55,68)(H,56,65)(H2,57,58,59)/t23?,24?,25?,26?,27?,28-,29?,35-,36+,37?,38?,39?,41?/m1/s1. The van der Waals surface area contributed by atoms with Crippen LogP contribution in [0.2, 0.25) is 0 Å². The third kappa shape index (κ3) is 23.4. The first-order valence-corrected chi connectivity index (χ1v) is 24.6. The zero-order valence-electron chi connectivity index (χ0n) is 40.6. The smallest absolute Gasteiger partial charge is 0.404 e. The predicted molar refractivity (Wildman–Crippen MR) is 259 cm³/mol. The van der Waals surface area contributed by atoms with Crippen LogP contribution in [0.25, 0.3) is 0 Å². The summed E-state index contributed by atoms with van der Waals surface area (Å²) in [6.45, 7) is 1.48. The lowest BCUT2D eigenvalue weighted by atomic mass is 9.95. The molecule has 2 saturated heterocycles. The van der Waals surface area contributed by atoms with Gasteiger partial charge in [0.05, 0.1) is 12.1 Å². The molecule has 2 fully saturated rings. The molecule has 71 heavy (non-hydrogen) atoms. The Balaban J connectivity index is 1.24. The predicted octanol–water partition coefficient (Wildman–Crippen LogP) is -7.30. The Morgan fingerprint density at radius 3 is 1.49 bits per heavy atom. The number of carbonyl (C=O) groups excluding carboxylic acids is 7. The van der Waals surface area contributed by atoms with Gasteiger partial charge in [0.25, 0.3) is 0 Å². The molecule has 25 N–H and O–H groups in total. The van der Waals surface area contributed by atoms with Crippen LogP contribution in [0.5, 0.6) is 0 Å². The van der Waals surface area contributed by atoms with Crippen LogP contribution < -0.4 is 82.7 Å². The third-order valence-electron chi connectivity index (χ3n) is 12.1. The lowest BCUT2D eigenvalue weighted by Gasteiger charge is -2.43. The molecule has 0 aromatic carbocycles. The van der Waals surface area contributed by atoms with E-state index in [9.17, 15) is 48.9 Å². The first-order chi connectivity index (χ1) is 33.8. The van der Waals surface area contributed by atoms with Gasteiger partial charge in [-0.15, -0.1) is 0 Å². The summed E-state index contributed by atoms with van der Waals surface area (Å²) < 4.78 is 10.6. The highest BCUT2D eigenvalue weighted by molar-refractivity contribution is 5.93. The first kappa shape index (κ1) is 60.3. The van der Waals surface area contributed by atoms with E-state index in [0.717, 1.165) is 6.42 Å². The molecular formula is C43H82N16O12. The van der Waals surface area contributed by atoms with Crippen LogP contribution in [0.4, 0.5) is 4.79 Å². The third-order valence-corrected chi connectivity index (χ3v) is 12.1. The summed E-state index contributed by atoms with van der Waals surface area (Å²) in [5, 5.41) is 54.3. The first-order valence-electron chi connectivity index (χ1n) is 24.6. The minimum atomic E-state index is -1.65. The number of aliphatic hydroxyl groups is 3. The van der Waals surface area contributed by atoms with E-state index >= 15 is 0 Å². The van der Waals surface area contributed by atoms with Gasteiger partial charge in [-0.05, 0) is 70.8 Å². The Morgan fingerprint density at radius 2 is 1.08 bits per heavy atom. The highest BCUT2D eigenvalue weighted by Crippen LogP contribution is 2.22. The van der Waals surface area contributed by atoms with E-state index in [1.54, 1.807) is 0 Å². The fourth-order valence-electron chi connectivity index (χ4n) is 8.21. The van der Waals surface area contributed by atoms with Crippen molar-refractivity contribution in [3.63, 3.8) is 0 Å². The van der Waals surface area contributed by atoms with Gasteiger partial charge in [-0.25, -0.2) is 9.79 Å². The molecule has 3 aliphatic heterocycles. The largest absolute Gasteiger partial charge is 0.447 e. The van der Waals surface area contributed by atoms with E-state index in [1.807, 2.05) is 0 Å². The van der Waals surface area contributed by atoms with Crippen LogP contribution in [0.15, 0.2) is 4.99 Å². The van der Waals surface area contributed by atoms with Crippen molar-refractivity contribution >= 4 is 47.5 Å². The monoisotopic (exact) mass is 1010 g/mol. The second kappa shape index (κ2) is 32.1. The van der Waals surface area contributed by atoms with Gasteiger partial charge >= 0.3 is 6.09 Å². The second-order valence-electron chi connectivity index (χ2n) is 18.6. The van der Waals surface area contributed by atoms with Crippen molar-refractivity contribution in [3.8, 4) is 0 Å². The molecule has 3 aliphatic rings. The van der Waals surface area contributed by atoms with Gasteiger partial charge in [0, 0.05) is 95.0 Å². The average Bonchev–Trinajstić information content (AvgIpc) is 3.74. The second-order valence-corrected chi connectivity index (χ2v) is 18.6. The molecule has 28 nitrogen and oxygen atoms in total. The molecule has 0 spiro atoms. The fourth-order valence-corrected chi connectivity index (χ4v) is 8.21. The molecule has 7 amide bonds. The van der Waals surface area contributed by atoms with E-state index in [1.165, 1.54) is 0 Å². The zero-order chi connectivity index (χ0) is 52.5. The number of rotatable bonds is 33. The number of nitrogens with two attached hydrogens (primary N) is 7. The number of hydrogen-bond acceptors (Lipinski definition) is 21. The maximum Gasteiger partial charge on any atom is 0.404 e. The number of fused-ring (bicyclic) bond motifs is 1. The number of nitrogens with one attached hydrogen (secondary N) is 8. The van der Waals surface area contributed by atoms with Gasteiger partial charge in [0.2, 0.25) is 35.4 Å². The fraction of sp³-hybridized carbons (Fsp3) is 0.814. The van der Waals surface area contributed by atoms with Crippen molar-refractivity contribution in [2.45, 2.75) is 175 Å². The van der Waals surface area contributed by atoms with Crippen molar-refractivity contribution in [1.82, 2.24) is 42.5 Å². The van der Waals surface area contributed by atoms with E-state index in [2.05, 4.69) is 47.5 Å². The summed E-state index contributed by atoms with van der Waals surface area (Å²) in [5.74, 6) is -1.80. The SMILES string of the molecule is NCCCC(N)CC(=O)NCCCC(N)CC(=O)NCCCC(N)CC(=O)NCCCC(N)CC(=O)NCCCC(N)CC(=O)NC1C(NC2=N[C@@H]3C(=O)NC[C@@H](O)[C@H]3N2)OC(COC(N)=O)C(O)C1O. The molecule has 3 heterocycles.